The van der Waals surface area contributed by atoms with Gasteiger partial charge in [0, 0.05) is 11.8 Å². The molecule has 0 saturated carbocycles. The van der Waals surface area contributed by atoms with Crippen molar-refractivity contribution in [2.24, 2.45) is 4.99 Å². The molecule has 0 unspecified atom stereocenters. The van der Waals surface area contributed by atoms with E-state index in [9.17, 15) is 23.1 Å². The molecule has 0 bridgehead atoms. The van der Waals surface area contributed by atoms with E-state index in [0.717, 1.165) is 0 Å². The number of hydrogen-bond acceptors (Lipinski definition) is 5. The van der Waals surface area contributed by atoms with E-state index in [1.165, 1.54) is 50.6 Å². The van der Waals surface area contributed by atoms with E-state index in [4.69, 9.17) is 9.47 Å². The summed E-state index contributed by atoms with van der Waals surface area (Å²) in [6.07, 6.45) is -4.47. The van der Waals surface area contributed by atoms with Crippen LogP contribution in [0.2, 0.25) is 0 Å². The van der Waals surface area contributed by atoms with E-state index < -0.39 is 23.3 Å². The smallest absolute Gasteiger partial charge is 0.455 e. The van der Waals surface area contributed by atoms with Gasteiger partial charge < -0.3 is 14.6 Å². The van der Waals surface area contributed by atoms with E-state index in [2.05, 4.69) is 4.99 Å². The highest BCUT2D eigenvalue weighted by molar-refractivity contribution is 6.20. The van der Waals surface area contributed by atoms with Gasteiger partial charge in [-0.3, -0.25) is 9.79 Å². The number of hydrogen-bond donors (Lipinski definition) is 1. The van der Waals surface area contributed by atoms with Gasteiger partial charge in [-0.15, -0.1) is 0 Å². The first-order valence-electron chi connectivity index (χ1n) is 7.63. The first-order chi connectivity index (χ1) is 12.8. The molecule has 0 aliphatic carbocycles. The van der Waals surface area contributed by atoms with Crippen LogP contribution in [0.4, 0.5) is 18.9 Å². The topological polar surface area (TPSA) is 68.1 Å². The zero-order valence-electron chi connectivity index (χ0n) is 14.4. The van der Waals surface area contributed by atoms with Crippen molar-refractivity contribution in [3.8, 4) is 11.5 Å². The summed E-state index contributed by atoms with van der Waals surface area (Å²) in [5.74, 6) is -2.05. The highest BCUT2D eigenvalue weighted by atomic mass is 19.4. The summed E-state index contributed by atoms with van der Waals surface area (Å²) in [4.78, 5) is 15.6. The predicted octanol–water partition coefficient (Wildman–Crippen LogP) is 4.51. The molecule has 142 valence electrons. The highest BCUT2D eigenvalue weighted by Crippen LogP contribution is 2.26. The van der Waals surface area contributed by atoms with Crippen molar-refractivity contribution in [3.05, 3.63) is 59.7 Å². The molecule has 2 aromatic rings. The van der Waals surface area contributed by atoms with E-state index in [0.29, 0.717) is 17.7 Å². The number of nitrogens with zero attached hydrogens (tertiary/aromatic N) is 1. The molecule has 2 rings (SSSR count). The summed E-state index contributed by atoms with van der Waals surface area (Å²) in [6, 6.07) is 11.7. The third kappa shape index (κ3) is 5.10. The van der Waals surface area contributed by atoms with E-state index in [-0.39, 0.29) is 11.3 Å². The molecule has 0 saturated heterocycles. The summed E-state index contributed by atoms with van der Waals surface area (Å²) in [5.41, 5.74) is -0.668. The number of allylic oxidation sites excluding steroid dienone is 1. The van der Waals surface area contributed by atoms with Crippen LogP contribution in [0.15, 0.2) is 59.1 Å². The van der Waals surface area contributed by atoms with Gasteiger partial charge in [0.1, 0.15) is 17.3 Å². The second-order valence-electron chi connectivity index (χ2n) is 5.27. The normalized spacial score (nSPS) is 12.6. The van der Waals surface area contributed by atoms with Crippen molar-refractivity contribution in [1.82, 2.24) is 0 Å². The second-order valence-corrected chi connectivity index (χ2v) is 5.27. The van der Waals surface area contributed by atoms with Crippen LogP contribution in [0, 0.1) is 0 Å². The molecule has 27 heavy (non-hydrogen) atoms. The number of halogens is 3. The number of rotatable bonds is 6. The Morgan fingerprint density at radius 2 is 1.44 bits per heavy atom. The van der Waals surface area contributed by atoms with Crippen molar-refractivity contribution in [3.63, 3.8) is 0 Å². The molecular weight excluding hydrogens is 363 g/mol. The van der Waals surface area contributed by atoms with Gasteiger partial charge in [-0.2, -0.15) is 13.2 Å². The zero-order valence-corrected chi connectivity index (χ0v) is 14.4. The third-order valence-corrected chi connectivity index (χ3v) is 3.54. The Balaban J connectivity index is 2.45. The van der Waals surface area contributed by atoms with E-state index in [1.807, 2.05) is 0 Å². The van der Waals surface area contributed by atoms with E-state index >= 15 is 0 Å². The van der Waals surface area contributed by atoms with Gasteiger partial charge in [0.05, 0.1) is 25.5 Å². The van der Waals surface area contributed by atoms with Gasteiger partial charge in [-0.1, -0.05) is 0 Å². The molecule has 0 heterocycles. The largest absolute Gasteiger partial charge is 0.506 e. The zero-order chi connectivity index (χ0) is 20.0. The van der Waals surface area contributed by atoms with Crippen molar-refractivity contribution < 1.29 is 32.5 Å². The summed E-state index contributed by atoms with van der Waals surface area (Å²) in [7, 11) is 2.89. The van der Waals surface area contributed by atoms with Crippen LogP contribution in [0.3, 0.4) is 0 Å². The third-order valence-electron chi connectivity index (χ3n) is 3.54. The van der Waals surface area contributed by atoms with Crippen molar-refractivity contribution >= 4 is 23.4 Å². The van der Waals surface area contributed by atoms with Crippen LogP contribution in [0.25, 0.3) is 5.76 Å². The van der Waals surface area contributed by atoms with Gasteiger partial charge in [0.15, 0.2) is 0 Å². The van der Waals surface area contributed by atoms with Gasteiger partial charge >= 0.3 is 6.18 Å². The fourth-order valence-electron chi connectivity index (χ4n) is 2.09. The maximum absolute atomic E-state index is 12.9. The quantitative estimate of drug-likeness (QED) is 0.456. The first-order valence-corrected chi connectivity index (χ1v) is 7.63. The number of aliphatic hydroxyl groups excluding tert-OH is 1. The minimum absolute atomic E-state index is 0.0181. The number of carbonyl (C=O) groups excluding carboxylic acids is 1. The minimum Gasteiger partial charge on any atom is -0.506 e. The molecule has 0 aliphatic rings. The average molecular weight is 379 g/mol. The SMILES string of the molecule is COc1ccc(N=C/C(C(=O)C(F)(F)F)=C(/O)c2ccc(OC)cc2)cc1. The Bertz CT molecular complexity index is 854. The maximum atomic E-state index is 12.9. The average Bonchev–Trinajstić information content (AvgIpc) is 2.67. The molecule has 0 aliphatic heterocycles. The van der Waals surface area contributed by atoms with Crippen LogP contribution in [0.5, 0.6) is 11.5 Å². The van der Waals surface area contributed by atoms with Crippen molar-refractivity contribution in [1.29, 1.82) is 0 Å². The predicted molar refractivity (Wildman–Crippen MR) is 94.8 cm³/mol. The molecule has 2 aromatic carbocycles. The Hall–Kier alpha value is -3.29. The second kappa shape index (κ2) is 8.39. The highest BCUT2D eigenvalue weighted by Gasteiger charge is 2.41. The van der Waals surface area contributed by atoms with Crippen LogP contribution in [0.1, 0.15) is 5.56 Å². The number of Topliss-reactive ketones (excluding diaryl/α,β-unsaturated/α-hetero) is 1. The molecular formula is C19H16F3NO4. The van der Waals surface area contributed by atoms with Crippen molar-refractivity contribution in [2.45, 2.75) is 6.18 Å². The number of ether oxygens (including phenoxy) is 2. The van der Waals surface area contributed by atoms with Crippen LogP contribution in [-0.2, 0) is 4.79 Å². The number of methoxy groups -OCH3 is 2. The Morgan fingerprint density at radius 1 is 0.963 bits per heavy atom. The Labute approximate surface area is 153 Å². The van der Waals surface area contributed by atoms with Gasteiger partial charge in [-0.05, 0) is 48.5 Å². The Kier molecular flexibility index (Phi) is 6.23. The van der Waals surface area contributed by atoms with Crippen LogP contribution in [-0.4, -0.2) is 37.5 Å². The fraction of sp³-hybridized carbons (Fsp3) is 0.158. The lowest BCUT2D eigenvalue weighted by molar-refractivity contribution is -0.165. The number of aliphatic imine (C=N–C) groups is 1. The molecule has 0 spiro atoms. The molecule has 0 radical (unpaired) electrons. The van der Waals surface area contributed by atoms with E-state index in [1.54, 1.807) is 12.1 Å². The summed E-state index contributed by atoms with van der Waals surface area (Å²) < 4.78 is 48.7. The number of alkyl halides is 3. The number of benzene rings is 2. The summed E-state index contributed by atoms with van der Waals surface area (Å²) in [6.45, 7) is 0. The monoisotopic (exact) mass is 379 g/mol. The number of aliphatic hydroxyl groups is 1. The molecule has 0 amide bonds. The van der Waals surface area contributed by atoms with Crippen LogP contribution >= 0.6 is 0 Å². The first kappa shape index (κ1) is 20.0. The molecule has 8 heteroatoms. The Morgan fingerprint density at radius 3 is 1.89 bits per heavy atom. The summed E-state index contributed by atoms with van der Waals surface area (Å²) in [5, 5.41) is 10.2. The summed E-state index contributed by atoms with van der Waals surface area (Å²) >= 11 is 0. The molecule has 5 nitrogen and oxygen atoms in total. The minimum atomic E-state index is -5.16. The van der Waals surface area contributed by atoms with Crippen molar-refractivity contribution in [2.75, 3.05) is 14.2 Å². The lowest BCUT2D eigenvalue weighted by Crippen LogP contribution is -2.26. The molecule has 0 fully saturated rings. The lowest BCUT2D eigenvalue weighted by Gasteiger charge is -2.09. The fourth-order valence-corrected chi connectivity index (χ4v) is 2.09. The number of ketones is 1. The maximum Gasteiger partial charge on any atom is 0.455 e. The lowest BCUT2D eigenvalue weighted by atomic mass is 10.0. The van der Waals surface area contributed by atoms with Gasteiger partial charge in [0.25, 0.3) is 5.78 Å². The molecule has 0 aromatic heterocycles. The van der Waals surface area contributed by atoms with Crippen LogP contribution < -0.4 is 9.47 Å². The number of carbonyl (C=O) groups is 1. The molecule has 1 N–H and O–H groups in total. The van der Waals surface area contributed by atoms with Gasteiger partial charge in [-0.25, -0.2) is 0 Å². The molecule has 0 atom stereocenters. The standard InChI is InChI=1S/C19H16F3NO4/c1-26-14-7-3-12(4-8-14)17(24)16(18(25)19(20,21)22)11-23-13-5-9-15(27-2)10-6-13/h3-11,24H,1-2H3/b17-16-,23-11?. The van der Waals surface area contributed by atoms with Gasteiger partial charge in [0.2, 0.25) is 0 Å².